The van der Waals surface area contributed by atoms with Gasteiger partial charge in [-0.1, -0.05) is 25.0 Å². The van der Waals surface area contributed by atoms with Gasteiger partial charge in [-0.3, -0.25) is 9.59 Å². The molecule has 28 heavy (non-hydrogen) atoms. The lowest BCUT2D eigenvalue weighted by molar-refractivity contribution is -0.114. The van der Waals surface area contributed by atoms with E-state index in [-0.39, 0.29) is 23.5 Å². The maximum absolute atomic E-state index is 14.0. The SMILES string of the molecule is COc1ccc(C2CCCCCN2C(=O)c2ccc(F)c(NC(C)=O)c2)cc1. The monoisotopic (exact) mass is 384 g/mol. The van der Waals surface area contributed by atoms with Gasteiger partial charge in [-0.25, -0.2) is 4.39 Å². The van der Waals surface area contributed by atoms with Crippen molar-refractivity contribution >= 4 is 17.5 Å². The standard InChI is InChI=1S/C22H25FN2O3/c1-15(26)24-20-14-17(9-12-19(20)23)22(27)25-13-5-3-4-6-21(25)16-7-10-18(28-2)11-8-16/h7-12,14,21H,3-6,13H2,1-2H3,(H,24,26). The smallest absolute Gasteiger partial charge is 0.254 e. The Hall–Kier alpha value is -2.89. The lowest BCUT2D eigenvalue weighted by Crippen LogP contribution is -2.35. The van der Waals surface area contributed by atoms with Crippen molar-refractivity contribution in [3.8, 4) is 5.75 Å². The largest absolute Gasteiger partial charge is 0.497 e. The number of carbonyl (C=O) groups is 2. The van der Waals surface area contributed by atoms with Crippen molar-refractivity contribution in [3.05, 3.63) is 59.4 Å². The number of likely N-dealkylation sites (tertiary alicyclic amines) is 1. The Balaban J connectivity index is 1.91. The van der Waals surface area contributed by atoms with Gasteiger partial charge in [-0.2, -0.15) is 0 Å². The molecule has 1 aliphatic heterocycles. The lowest BCUT2D eigenvalue weighted by Gasteiger charge is -2.31. The maximum Gasteiger partial charge on any atom is 0.254 e. The fraction of sp³-hybridized carbons (Fsp3) is 0.364. The number of benzene rings is 2. The Morgan fingerprint density at radius 2 is 1.86 bits per heavy atom. The first-order chi connectivity index (χ1) is 13.5. The number of anilines is 1. The second kappa shape index (κ2) is 8.87. The Labute approximate surface area is 164 Å². The molecule has 2 amide bonds. The molecular weight excluding hydrogens is 359 g/mol. The van der Waals surface area contributed by atoms with Crippen molar-refractivity contribution in [1.29, 1.82) is 0 Å². The highest BCUT2D eigenvalue weighted by Gasteiger charge is 2.28. The minimum atomic E-state index is -0.561. The van der Waals surface area contributed by atoms with Crippen LogP contribution in [-0.4, -0.2) is 30.4 Å². The highest BCUT2D eigenvalue weighted by atomic mass is 19.1. The Kier molecular flexibility index (Phi) is 6.29. The van der Waals surface area contributed by atoms with Gasteiger partial charge in [0.25, 0.3) is 5.91 Å². The molecule has 1 aliphatic rings. The zero-order valence-corrected chi connectivity index (χ0v) is 16.2. The van der Waals surface area contributed by atoms with E-state index in [0.29, 0.717) is 12.1 Å². The Morgan fingerprint density at radius 1 is 1.11 bits per heavy atom. The molecule has 1 saturated heterocycles. The highest BCUT2D eigenvalue weighted by molar-refractivity contribution is 5.97. The zero-order chi connectivity index (χ0) is 20.1. The molecule has 1 fully saturated rings. The molecule has 5 nitrogen and oxygen atoms in total. The number of nitrogens with zero attached hydrogens (tertiary/aromatic N) is 1. The summed E-state index contributed by atoms with van der Waals surface area (Å²) in [7, 11) is 1.62. The molecule has 0 saturated carbocycles. The number of halogens is 1. The zero-order valence-electron chi connectivity index (χ0n) is 16.2. The average Bonchev–Trinajstić information content (AvgIpc) is 2.95. The molecular formula is C22H25FN2O3. The summed E-state index contributed by atoms with van der Waals surface area (Å²) in [6, 6.07) is 11.8. The number of hydrogen-bond donors (Lipinski definition) is 1. The van der Waals surface area contributed by atoms with E-state index in [1.807, 2.05) is 29.2 Å². The van der Waals surface area contributed by atoms with Crippen LogP contribution in [0, 0.1) is 5.82 Å². The summed E-state index contributed by atoms with van der Waals surface area (Å²) in [4.78, 5) is 26.4. The van der Waals surface area contributed by atoms with Gasteiger partial charge in [-0.15, -0.1) is 0 Å². The van der Waals surface area contributed by atoms with Gasteiger partial charge in [0, 0.05) is 19.0 Å². The second-order valence-corrected chi connectivity index (χ2v) is 7.01. The second-order valence-electron chi connectivity index (χ2n) is 7.01. The predicted molar refractivity (Wildman–Crippen MR) is 106 cm³/mol. The van der Waals surface area contributed by atoms with Gasteiger partial charge in [-0.05, 0) is 48.7 Å². The first-order valence-corrected chi connectivity index (χ1v) is 9.51. The van der Waals surface area contributed by atoms with Crippen molar-refractivity contribution < 1.29 is 18.7 Å². The fourth-order valence-electron chi connectivity index (χ4n) is 3.63. The van der Waals surface area contributed by atoms with Crippen LogP contribution in [0.2, 0.25) is 0 Å². The van der Waals surface area contributed by atoms with Gasteiger partial charge in [0.15, 0.2) is 0 Å². The number of amides is 2. The Morgan fingerprint density at radius 3 is 2.54 bits per heavy atom. The minimum absolute atomic E-state index is 0.0224. The normalized spacial score (nSPS) is 17.0. The summed E-state index contributed by atoms with van der Waals surface area (Å²) in [6.45, 7) is 1.95. The van der Waals surface area contributed by atoms with Crippen LogP contribution in [0.3, 0.4) is 0 Å². The van der Waals surface area contributed by atoms with Crippen molar-refractivity contribution in [2.45, 2.75) is 38.6 Å². The van der Waals surface area contributed by atoms with Gasteiger partial charge in [0.1, 0.15) is 11.6 Å². The molecule has 1 atom stereocenters. The molecule has 0 aliphatic carbocycles. The van der Waals surface area contributed by atoms with E-state index in [4.69, 9.17) is 4.74 Å². The van der Waals surface area contributed by atoms with Crippen LogP contribution in [0.4, 0.5) is 10.1 Å². The molecule has 1 heterocycles. The van der Waals surface area contributed by atoms with Gasteiger partial charge in [0.2, 0.25) is 5.91 Å². The van der Waals surface area contributed by atoms with Crippen LogP contribution in [0.1, 0.15) is 54.6 Å². The average molecular weight is 384 g/mol. The third kappa shape index (κ3) is 4.50. The van der Waals surface area contributed by atoms with E-state index >= 15 is 0 Å². The van der Waals surface area contributed by atoms with E-state index in [9.17, 15) is 14.0 Å². The van der Waals surface area contributed by atoms with Gasteiger partial charge < -0.3 is 15.0 Å². The molecule has 2 aromatic rings. The molecule has 1 unspecified atom stereocenters. The van der Waals surface area contributed by atoms with E-state index in [1.165, 1.54) is 25.1 Å². The predicted octanol–water partition coefficient (Wildman–Crippen LogP) is 4.55. The van der Waals surface area contributed by atoms with Crippen molar-refractivity contribution in [1.82, 2.24) is 4.90 Å². The summed E-state index contributed by atoms with van der Waals surface area (Å²) >= 11 is 0. The number of rotatable bonds is 4. The van der Waals surface area contributed by atoms with Gasteiger partial charge >= 0.3 is 0 Å². The molecule has 1 N–H and O–H groups in total. The lowest BCUT2D eigenvalue weighted by atomic mass is 9.99. The number of hydrogen-bond acceptors (Lipinski definition) is 3. The summed E-state index contributed by atoms with van der Waals surface area (Å²) in [5, 5.41) is 2.44. The third-order valence-corrected chi connectivity index (χ3v) is 5.04. The van der Waals surface area contributed by atoms with Crippen LogP contribution < -0.4 is 10.1 Å². The maximum atomic E-state index is 14.0. The van der Waals surface area contributed by atoms with Crippen LogP contribution in [0.25, 0.3) is 0 Å². The van der Waals surface area contributed by atoms with Gasteiger partial charge in [0.05, 0.1) is 18.8 Å². The first kappa shape index (κ1) is 19.9. The van der Waals surface area contributed by atoms with Crippen LogP contribution in [0.5, 0.6) is 5.75 Å². The molecule has 0 radical (unpaired) electrons. The topological polar surface area (TPSA) is 58.6 Å². The fourth-order valence-corrected chi connectivity index (χ4v) is 3.63. The number of methoxy groups -OCH3 is 1. The number of nitrogens with one attached hydrogen (secondary N) is 1. The van der Waals surface area contributed by atoms with Crippen molar-refractivity contribution in [2.24, 2.45) is 0 Å². The molecule has 3 rings (SSSR count). The van der Waals surface area contributed by atoms with Crippen LogP contribution in [-0.2, 0) is 4.79 Å². The number of carbonyl (C=O) groups excluding carboxylic acids is 2. The molecule has 2 aromatic carbocycles. The minimum Gasteiger partial charge on any atom is -0.497 e. The number of ether oxygens (including phenoxy) is 1. The summed E-state index contributed by atoms with van der Waals surface area (Å²) in [6.07, 6.45) is 3.91. The van der Waals surface area contributed by atoms with E-state index < -0.39 is 5.82 Å². The molecule has 6 heteroatoms. The highest BCUT2D eigenvalue weighted by Crippen LogP contribution is 2.32. The molecule has 0 spiro atoms. The van der Waals surface area contributed by atoms with E-state index in [2.05, 4.69) is 5.32 Å². The molecule has 0 aromatic heterocycles. The van der Waals surface area contributed by atoms with E-state index in [0.717, 1.165) is 37.0 Å². The quantitative estimate of drug-likeness (QED) is 0.841. The van der Waals surface area contributed by atoms with E-state index in [1.54, 1.807) is 7.11 Å². The first-order valence-electron chi connectivity index (χ1n) is 9.51. The summed E-state index contributed by atoms with van der Waals surface area (Å²) in [5.41, 5.74) is 1.44. The Bertz CT molecular complexity index is 851. The molecule has 0 bridgehead atoms. The van der Waals surface area contributed by atoms with Crippen molar-refractivity contribution in [2.75, 3.05) is 19.0 Å². The molecule has 148 valence electrons. The van der Waals surface area contributed by atoms with Crippen LogP contribution >= 0.6 is 0 Å². The van der Waals surface area contributed by atoms with Crippen molar-refractivity contribution in [3.63, 3.8) is 0 Å². The summed E-state index contributed by atoms with van der Waals surface area (Å²) < 4.78 is 19.2. The third-order valence-electron chi connectivity index (χ3n) is 5.04. The van der Waals surface area contributed by atoms with Crippen LogP contribution in [0.15, 0.2) is 42.5 Å². The summed E-state index contributed by atoms with van der Waals surface area (Å²) in [5.74, 6) is -0.327.